The summed E-state index contributed by atoms with van der Waals surface area (Å²) in [5, 5.41) is 14.1. The number of carboxylic acid groups (broad SMARTS) is 1. The van der Waals surface area contributed by atoms with Gasteiger partial charge in [-0.2, -0.15) is 0 Å². The molecule has 0 unspecified atom stereocenters. The van der Waals surface area contributed by atoms with Crippen LogP contribution in [0.25, 0.3) is 0 Å². The van der Waals surface area contributed by atoms with Gasteiger partial charge in [0.2, 0.25) is 0 Å². The molecule has 2 heterocycles. The Bertz CT molecular complexity index is 631. The molecular weight excluding hydrogens is 272 g/mol. The van der Waals surface area contributed by atoms with E-state index in [1.165, 1.54) is 12.3 Å². The molecule has 2 amide bonds. The fraction of sp³-hybridized carbons (Fsp3) is 0.143. The molecule has 0 spiro atoms. The van der Waals surface area contributed by atoms with Gasteiger partial charge < -0.3 is 15.7 Å². The van der Waals surface area contributed by atoms with Gasteiger partial charge in [-0.15, -0.1) is 0 Å². The summed E-state index contributed by atoms with van der Waals surface area (Å²) in [6, 6.07) is 6.30. The van der Waals surface area contributed by atoms with Crippen LogP contribution in [-0.2, 0) is 6.42 Å². The highest BCUT2D eigenvalue weighted by atomic mass is 16.4. The highest BCUT2D eigenvalue weighted by molar-refractivity contribution is 5.98. The molecule has 0 fully saturated rings. The zero-order chi connectivity index (χ0) is 15.1. The third kappa shape index (κ3) is 4.27. The van der Waals surface area contributed by atoms with Crippen molar-refractivity contribution in [3.05, 3.63) is 54.1 Å². The van der Waals surface area contributed by atoms with Gasteiger partial charge in [-0.05, 0) is 30.2 Å². The average Bonchev–Trinajstić information content (AvgIpc) is 2.48. The summed E-state index contributed by atoms with van der Waals surface area (Å²) < 4.78 is 0. The van der Waals surface area contributed by atoms with E-state index in [1.54, 1.807) is 18.5 Å². The molecule has 2 aromatic heterocycles. The Kier molecular flexibility index (Phi) is 4.81. The molecule has 0 aliphatic carbocycles. The van der Waals surface area contributed by atoms with Gasteiger partial charge in [-0.3, -0.25) is 4.98 Å². The summed E-state index contributed by atoms with van der Waals surface area (Å²) in [5.41, 5.74) is 0.967. The van der Waals surface area contributed by atoms with Crippen molar-refractivity contribution < 1.29 is 14.7 Å². The van der Waals surface area contributed by atoms with E-state index < -0.39 is 12.0 Å². The van der Waals surface area contributed by atoms with Crippen molar-refractivity contribution in [1.29, 1.82) is 0 Å². The van der Waals surface area contributed by atoms with E-state index in [2.05, 4.69) is 20.6 Å². The number of hydrogen-bond donors (Lipinski definition) is 3. The Labute approximate surface area is 121 Å². The Morgan fingerprint density at radius 1 is 1.19 bits per heavy atom. The fourth-order valence-corrected chi connectivity index (χ4v) is 1.71. The first-order chi connectivity index (χ1) is 10.2. The van der Waals surface area contributed by atoms with Gasteiger partial charge in [0.05, 0.1) is 5.69 Å². The summed E-state index contributed by atoms with van der Waals surface area (Å²) in [4.78, 5) is 30.4. The van der Waals surface area contributed by atoms with E-state index in [-0.39, 0.29) is 11.4 Å². The number of carbonyl (C=O) groups excluding carboxylic acids is 1. The molecule has 0 aliphatic rings. The van der Waals surface area contributed by atoms with Crippen molar-refractivity contribution in [2.45, 2.75) is 6.42 Å². The van der Waals surface area contributed by atoms with E-state index in [0.717, 1.165) is 5.56 Å². The van der Waals surface area contributed by atoms with Crippen LogP contribution in [0.1, 0.15) is 16.1 Å². The number of nitrogens with zero attached hydrogens (tertiary/aromatic N) is 2. The van der Waals surface area contributed by atoms with Crippen LogP contribution in [0.3, 0.4) is 0 Å². The number of amides is 2. The van der Waals surface area contributed by atoms with Crippen LogP contribution in [-0.4, -0.2) is 33.6 Å². The molecule has 7 nitrogen and oxygen atoms in total. The Hall–Kier alpha value is -2.96. The van der Waals surface area contributed by atoms with E-state index >= 15 is 0 Å². The third-order valence-electron chi connectivity index (χ3n) is 2.68. The maximum atomic E-state index is 11.7. The van der Waals surface area contributed by atoms with Crippen LogP contribution in [0.15, 0.2) is 42.9 Å². The molecule has 0 saturated heterocycles. The van der Waals surface area contributed by atoms with E-state index in [4.69, 9.17) is 5.11 Å². The predicted octanol–water partition coefficient (Wildman–Crippen LogP) is 1.54. The quantitative estimate of drug-likeness (QED) is 0.773. The molecule has 0 aromatic carbocycles. The number of aromatic carboxylic acids is 1. The van der Waals surface area contributed by atoms with Crippen LogP contribution in [0.5, 0.6) is 0 Å². The van der Waals surface area contributed by atoms with E-state index in [0.29, 0.717) is 13.0 Å². The molecule has 21 heavy (non-hydrogen) atoms. The first-order valence-corrected chi connectivity index (χ1v) is 6.29. The normalized spacial score (nSPS) is 9.90. The van der Waals surface area contributed by atoms with Gasteiger partial charge in [0.1, 0.15) is 0 Å². The summed E-state index contributed by atoms with van der Waals surface area (Å²) in [5.74, 6) is -1.19. The summed E-state index contributed by atoms with van der Waals surface area (Å²) in [6.07, 6.45) is 5.40. The second-order valence-corrected chi connectivity index (χ2v) is 4.20. The lowest BCUT2D eigenvalue weighted by Crippen LogP contribution is -2.31. The van der Waals surface area contributed by atoms with Crippen molar-refractivity contribution in [3.8, 4) is 0 Å². The molecule has 0 atom stereocenters. The molecule has 0 aliphatic heterocycles. The molecule has 3 N–H and O–H groups in total. The van der Waals surface area contributed by atoms with Crippen molar-refractivity contribution in [3.63, 3.8) is 0 Å². The second kappa shape index (κ2) is 6.99. The Morgan fingerprint density at radius 3 is 2.71 bits per heavy atom. The summed E-state index contributed by atoms with van der Waals surface area (Å²) >= 11 is 0. The lowest BCUT2D eigenvalue weighted by atomic mass is 10.2. The number of rotatable bonds is 5. The highest BCUT2D eigenvalue weighted by Crippen LogP contribution is 2.11. The number of carbonyl (C=O) groups is 2. The number of nitrogens with one attached hydrogen (secondary N) is 2. The summed E-state index contributed by atoms with van der Waals surface area (Å²) in [7, 11) is 0. The molecule has 0 radical (unpaired) electrons. The largest absolute Gasteiger partial charge is 0.476 e. The standard InChI is InChI=1S/C14H14N4O3/c19-13(20)12-11(4-2-7-16-12)18-14(21)17-8-5-10-3-1-6-15-9-10/h1-4,6-7,9H,5,8H2,(H,19,20)(H2,17,18,21). The minimum Gasteiger partial charge on any atom is -0.476 e. The number of urea groups is 1. The summed E-state index contributed by atoms with van der Waals surface area (Å²) in [6.45, 7) is 0.417. The predicted molar refractivity (Wildman–Crippen MR) is 76.2 cm³/mol. The van der Waals surface area contributed by atoms with Crippen LogP contribution < -0.4 is 10.6 Å². The van der Waals surface area contributed by atoms with Gasteiger partial charge in [0.15, 0.2) is 5.69 Å². The number of anilines is 1. The third-order valence-corrected chi connectivity index (χ3v) is 2.68. The Balaban J connectivity index is 1.86. The van der Waals surface area contributed by atoms with Crippen molar-refractivity contribution in [1.82, 2.24) is 15.3 Å². The zero-order valence-corrected chi connectivity index (χ0v) is 11.1. The van der Waals surface area contributed by atoms with Crippen LogP contribution in [0.4, 0.5) is 10.5 Å². The second-order valence-electron chi connectivity index (χ2n) is 4.20. The van der Waals surface area contributed by atoms with Crippen LogP contribution in [0.2, 0.25) is 0 Å². The first kappa shape index (κ1) is 14.4. The molecule has 0 saturated carbocycles. The van der Waals surface area contributed by atoms with Crippen LogP contribution in [0, 0.1) is 0 Å². The van der Waals surface area contributed by atoms with Crippen molar-refractivity contribution in [2.75, 3.05) is 11.9 Å². The van der Waals surface area contributed by atoms with Gasteiger partial charge in [0, 0.05) is 25.1 Å². The van der Waals surface area contributed by atoms with Gasteiger partial charge in [-0.25, -0.2) is 14.6 Å². The van der Waals surface area contributed by atoms with E-state index in [1.807, 2.05) is 12.1 Å². The minimum atomic E-state index is -1.19. The number of aromatic nitrogens is 2. The van der Waals surface area contributed by atoms with Gasteiger partial charge in [0.25, 0.3) is 0 Å². The number of pyridine rings is 2. The smallest absolute Gasteiger partial charge is 0.356 e. The molecular formula is C14H14N4O3. The molecule has 7 heteroatoms. The fourth-order valence-electron chi connectivity index (χ4n) is 1.71. The lowest BCUT2D eigenvalue weighted by molar-refractivity contribution is 0.0692. The minimum absolute atomic E-state index is 0.156. The number of hydrogen-bond acceptors (Lipinski definition) is 4. The van der Waals surface area contributed by atoms with Crippen LogP contribution >= 0.6 is 0 Å². The van der Waals surface area contributed by atoms with Gasteiger partial charge >= 0.3 is 12.0 Å². The number of carboxylic acids is 1. The molecule has 2 aromatic rings. The monoisotopic (exact) mass is 286 g/mol. The molecule has 108 valence electrons. The average molecular weight is 286 g/mol. The topological polar surface area (TPSA) is 104 Å². The maximum Gasteiger partial charge on any atom is 0.356 e. The maximum absolute atomic E-state index is 11.7. The van der Waals surface area contributed by atoms with Crippen molar-refractivity contribution in [2.24, 2.45) is 0 Å². The van der Waals surface area contributed by atoms with Gasteiger partial charge in [-0.1, -0.05) is 6.07 Å². The molecule has 0 bridgehead atoms. The zero-order valence-electron chi connectivity index (χ0n) is 11.1. The first-order valence-electron chi connectivity index (χ1n) is 6.29. The Morgan fingerprint density at radius 2 is 2.00 bits per heavy atom. The lowest BCUT2D eigenvalue weighted by Gasteiger charge is -2.09. The van der Waals surface area contributed by atoms with Crippen molar-refractivity contribution >= 4 is 17.7 Å². The highest BCUT2D eigenvalue weighted by Gasteiger charge is 2.12. The molecule has 2 rings (SSSR count). The van der Waals surface area contributed by atoms with E-state index in [9.17, 15) is 9.59 Å². The SMILES string of the molecule is O=C(NCCc1cccnc1)Nc1cccnc1C(=O)O.